The number of rotatable bonds is 36. The first-order chi connectivity index (χ1) is 24.5. The maximum Gasteiger partial charge on any atom is 0.249 e. The van der Waals surface area contributed by atoms with Gasteiger partial charge in [-0.15, -0.1) is 0 Å². The van der Waals surface area contributed by atoms with Gasteiger partial charge in [0.2, 0.25) is 5.91 Å². The van der Waals surface area contributed by atoms with Gasteiger partial charge in [-0.1, -0.05) is 151 Å². The van der Waals surface area contributed by atoms with E-state index >= 15 is 0 Å². The quantitative estimate of drug-likeness (QED) is 0.0330. The van der Waals surface area contributed by atoms with E-state index in [0.717, 1.165) is 70.6 Å². The molecule has 0 spiro atoms. The zero-order chi connectivity index (χ0) is 36.8. The van der Waals surface area contributed by atoms with Crippen molar-refractivity contribution in [2.75, 3.05) is 6.61 Å². The predicted molar refractivity (Wildman–Crippen MR) is 214 cm³/mol. The first kappa shape index (κ1) is 48.0. The monoisotopic (exact) mass is 702 g/mol. The van der Waals surface area contributed by atoms with Gasteiger partial charge >= 0.3 is 0 Å². The maximum atomic E-state index is 12.5. The largest absolute Gasteiger partial charge is 0.394 e. The molecule has 0 rings (SSSR count). The van der Waals surface area contributed by atoms with Crippen LogP contribution < -0.4 is 5.32 Å². The lowest BCUT2D eigenvalue weighted by Gasteiger charge is -2.27. The molecule has 0 saturated carbocycles. The van der Waals surface area contributed by atoms with Crippen molar-refractivity contribution < 1.29 is 25.2 Å². The molecular formula is C44H79NO5. The summed E-state index contributed by atoms with van der Waals surface area (Å²) in [6.45, 7) is 3.80. The molecule has 0 heterocycles. The first-order valence-electron chi connectivity index (χ1n) is 20.6. The average Bonchev–Trinajstić information content (AvgIpc) is 3.12. The summed E-state index contributed by atoms with van der Waals surface area (Å²) in [6.07, 6.45) is 46.9. The van der Waals surface area contributed by atoms with Crippen LogP contribution in [0.2, 0.25) is 0 Å². The van der Waals surface area contributed by atoms with Crippen molar-refractivity contribution in [2.45, 2.75) is 205 Å². The van der Waals surface area contributed by atoms with E-state index in [1.165, 1.54) is 77.0 Å². The second-order valence-electron chi connectivity index (χ2n) is 14.0. The number of carbonyl (C=O) groups is 1. The zero-order valence-electron chi connectivity index (χ0n) is 32.4. The molecule has 0 aromatic carbocycles. The number of carbonyl (C=O) groups excluding carboxylic acids is 1. The molecule has 4 unspecified atom stereocenters. The lowest BCUT2D eigenvalue weighted by molar-refractivity contribution is -0.132. The summed E-state index contributed by atoms with van der Waals surface area (Å²) in [5.74, 6) is -0.612. The van der Waals surface area contributed by atoms with Crippen molar-refractivity contribution in [3.8, 4) is 0 Å². The minimum Gasteiger partial charge on any atom is -0.394 e. The molecule has 6 nitrogen and oxygen atoms in total. The molecule has 5 N–H and O–H groups in total. The number of allylic oxidation sites excluding steroid dienone is 10. The molecule has 0 aliphatic rings. The van der Waals surface area contributed by atoms with Crippen LogP contribution in [0.25, 0.3) is 0 Å². The minimum atomic E-state index is -1.30. The minimum absolute atomic E-state index is 0.344. The Hall–Kier alpha value is -1.99. The molecule has 290 valence electrons. The Balaban J connectivity index is 3.82. The fraction of sp³-hybridized carbons (Fsp3) is 0.750. The van der Waals surface area contributed by atoms with Crippen molar-refractivity contribution in [2.24, 2.45) is 0 Å². The Morgan fingerprint density at radius 1 is 0.540 bits per heavy atom. The first-order valence-corrected chi connectivity index (χ1v) is 20.6. The van der Waals surface area contributed by atoms with E-state index in [2.05, 4.69) is 73.0 Å². The highest BCUT2D eigenvalue weighted by Gasteiger charge is 2.28. The van der Waals surface area contributed by atoms with Gasteiger partial charge in [-0.05, 0) is 90.4 Å². The zero-order valence-corrected chi connectivity index (χ0v) is 32.4. The number of nitrogens with one attached hydrogen (secondary N) is 1. The smallest absolute Gasteiger partial charge is 0.249 e. The van der Waals surface area contributed by atoms with Gasteiger partial charge in [-0.25, -0.2) is 0 Å². The summed E-state index contributed by atoms with van der Waals surface area (Å²) >= 11 is 0. The van der Waals surface area contributed by atoms with Crippen LogP contribution in [0.3, 0.4) is 0 Å². The maximum absolute atomic E-state index is 12.5. The summed E-state index contributed by atoms with van der Waals surface area (Å²) in [5, 5.41) is 43.5. The summed E-state index contributed by atoms with van der Waals surface area (Å²) in [5.41, 5.74) is 0. The number of hydrogen-bond acceptors (Lipinski definition) is 5. The van der Waals surface area contributed by atoms with Crippen LogP contribution in [0, 0.1) is 0 Å². The molecule has 6 heteroatoms. The number of aliphatic hydroxyl groups excluding tert-OH is 4. The third-order valence-corrected chi connectivity index (χ3v) is 9.25. The van der Waals surface area contributed by atoms with Gasteiger partial charge in [0, 0.05) is 0 Å². The molecule has 0 aliphatic carbocycles. The van der Waals surface area contributed by atoms with E-state index in [1.807, 2.05) is 6.92 Å². The van der Waals surface area contributed by atoms with E-state index < -0.39 is 36.9 Å². The SMILES string of the molecule is C/C=C/CC/C=C/CC/C=C/CCCC(O)C(O)C(CO)NC(=O)C(O)CCCCCCCC/C=C\C/C=C\CCCCCCCCCCC. The highest BCUT2D eigenvalue weighted by molar-refractivity contribution is 5.80. The standard InChI is InChI=1S/C44H79NO5/c1-3-5-7-9-11-13-15-17-18-19-20-21-22-23-24-25-26-28-30-32-34-36-38-42(48)44(50)45-40(39-46)43(49)41(47)37-35-33-31-29-27-16-14-12-10-8-6-4-2/h4,6,12,14,20-21,23-24,29,31,40-43,46-49H,3,5,7-11,13,15-19,22,25-28,30,32-39H2,1-2H3,(H,45,50)/b6-4+,14-12+,21-20-,24-23-,31-29+. The molecule has 0 fully saturated rings. The van der Waals surface area contributed by atoms with Gasteiger partial charge in [0.05, 0.1) is 18.8 Å². The van der Waals surface area contributed by atoms with Crippen LogP contribution in [0.4, 0.5) is 0 Å². The normalized spacial score (nSPS) is 14.9. The van der Waals surface area contributed by atoms with Crippen LogP contribution in [0.15, 0.2) is 60.8 Å². The molecule has 4 atom stereocenters. The van der Waals surface area contributed by atoms with Crippen molar-refractivity contribution >= 4 is 5.91 Å². The molecule has 0 bridgehead atoms. The van der Waals surface area contributed by atoms with Gasteiger partial charge < -0.3 is 25.7 Å². The molecule has 0 aromatic heterocycles. The molecule has 0 aliphatic heterocycles. The Morgan fingerprint density at radius 2 is 0.980 bits per heavy atom. The number of amides is 1. The summed E-state index contributed by atoms with van der Waals surface area (Å²) < 4.78 is 0. The van der Waals surface area contributed by atoms with Gasteiger partial charge in [-0.3, -0.25) is 4.79 Å². The van der Waals surface area contributed by atoms with Crippen LogP contribution in [0.5, 0.6) is 0 Å². The van der Waals surface area contributed by atoms with Crippen LogP contribution in [-0.4, -0.2) is 57.3 Å². The van der Waals surface area contributed by atoms with E-state index in [1.54, 1.807) is 0 Å². The van der Waals surface area contributed by atoms with Crippen LogP contribution in [0.1, 0.15) is 181 Å². The van der Waals surface area contributed by atoms with Crippen molar-refractivity contribution in [3.05, 3.63) is 60.8 Å². The topological polar surface area (TPSA) is 110 Å². The Kier molecular flexibility index (Phi) is 36.7. The number of aliphatic hydroxyl groups is 4. The average molecular weight is 702 g/mol. The van der Waals surface area contributed by atoms with Gasteiger partial charge in [0.15, 0.2) is 0 Å². The molecule has 0 radical (unpaired) electrons. The van der Waals surface area contributed by atoms with Gasteiger partial charge in [-0.2, -0.15) is 0 Å². The fourth-order valence-electron chi connectivity index (χ4n) is 5.94. The number of unbranched alkanes of at least 4 members (excludes halogenated alkanes) is 18. The summed E-state index contributed by atoms with van der Waals surface area (Å²) in [6, 6.07) is -1.02. The van der Waals surface area contributed by atoms with Gasteiger partial charge in [0.1, 0.15) is 12.2 Å². The summed E-state index contributed by atoms with van der Waals surface area (Å²) in [7, 11) is 0. The third kappa shape index (κ3) is 32.0. The third-order valence-electron chi connectivity index (χ3n) is 9.25. The fourth-order valence-corrected chi connectivity index (χ4v) is 5.94. The highest BCUT2D eigenvalue weighted by atomic mass is 16.3. The Labute approximate surface area is 308 Å². The van der Waals surface area contributed by atoms with Crippen LogP contribution in [-0.2, 0) is 4.79 Å². The van der Waals surface area contributed by atoms with E-state index in [0.29, 0.717) is 19.3 Å². The van der Waals surface area contributed by atoms with Gasteiger partial charge in [0.25, 0.3) is 0 Å². The Morgan fingerprint density at radius 3 is 1.50 bits per heavy atom. The summed E-state index contributed by atoms with van der Waals surface area (Å²) in [4.78, 5) is 12.5. The lowest BCUT2D eigenvalue weighted by atomic mass is 10.00. The van der Waals surface area contributed by atoms with E-state index in [4.69, 9.17) is 0 Å². The Bertz CT molecular complexity index is 880. The second-order valence-corrected chi connectivity index (χ2v) is 14.0. The van der Waals surface area contributed by atoms with Crippen molar-refractivity contribution in [3.63, 3.8) is 0 Å². The molecule has 1 amide bonds. The molecule has 50 heavy (non-hydrogen) atoms. The lowest BCUT2D eigenvalue weighted by Crippen LogP contribution is -2.53. The van der Waals surface area contributed by atoms with Crippen LogP contribution >= 0.6 is 0 Å². The van der Waals surface area contributed by atoms with Crippen molar-refractivity contribution in [1.29, 1.82) is 0 Å². The highest BCUT2D eigenvalue weighted by Crippen LogP contribution is 2.14. The van der Waals surface area contributed by atoms with E-state index in [9.17, 15) is 25.2 Å². The molecule has 0 aromatic rings. The number of hydrogen-bond donors (Lipinski definition) is 5. The van der Waals surface area contributed by atoms with Crippen molar-refractivity contribution in [1.82, 2.24) is 5.32 Å². The molecule has 0 saturated heterocycles. The second kappa shape index (κ2) is 38.2. The predicted octanol–water partition coefficient (Wildman–Crippen LogP) is 10.5. The van der Waals surface area contributed by atoms with E-state index in [-0.39, 0.29) is 0 Å². The molecular weight excluding hydrogens is 622 g/mol.